The Morgan fingerprint density at radius 2 is 2.00 bits per heavy atom. The van der Waals surface area contributed by atoms with Gasteiger partial charge in [-0.1, -0.05) is 44.2 Å². The molecule has 1 aliphatic heterocycles. The highest BCUT2D eigenvalue weighted by Crippen LogP contribution is 2.27. The first-order valence-electron chi connectivity index (χ1n) is 7.49. The molecule has 2 atom stereocenters. The maximum absolute atomic E-state index is 11.8. The first kappa shape index (κ1) is 15.5. The van der Waals surface area contributed by atoms with Crippen LogP contribution in [0.25, 0.3) is 0 Å². The van der Waals surface area contributed by atoms with E-state index in [1.165, 1.54) is 12.7 Å². The van der Waals surface area contributed by atoms with Crippen LogP contribution in [0.5, 0.6) is 0 Å². The van der Waals surface area contributed by atoms with E-state index in [2.05, 4.69) is 42.8 Å². The van der Waals surface area contributed by atoms with Crippen LogP contribution in [0, 0.1) is 5.92 Å². The number of esters is 1. The van der Waals surface area contributed by atoms with E-state index in [0.29, 0.717) is 12.5 Å². The van der Waals surface area contributed by atoms with Crippen molar-refractivity contribution in [2.75, 3.05) is 13.7 Å². The predicted molar refractivity (Wildman–Crippen MR) is 84.3 cm³/mol. The van der Waals surface area contributed by atoms with Gasteiger partial charge in [-0.25, -0.2) is 4.79 Å². The smallest absolute Gasteiger partial charge is 0.332 e. The van der Waals surface area contributed by atoms with Gasteiger partial charge >= 0.3 is 5.97 Å². The Labute approximate surface area is 126 Å². The van der Waals surface area contributed by atoms with Gasteiger partial charge in [0, 0.05) is 6.42 Å². The van der Waals surface area contributed by atoms with Crippen molar-refractivity contribution in [2.24, 2.45) is 10.9 Å². The zero-order chi connectivity index (χ0) is 15.4. The fourth-order valence-electron chi connectivity index (χ4n) is 2.68. The minimum Gasteiger partial charge on any atom is -0.467 e. The summed E-state index contributed by atoms with van der Waals surface area (Å²) in [7, 11) is 1.42. The summed E-state index contributed by atoms with van der Waals surface area (Å²) in [5, 5.41) is 0. The van der Waals surface area contributed by atoms with Crippen LogP contribution in [0.15, 0.2) is 35.3 Å². The van der Waals surface area contributed by atoms with Crippen molar-refractivity contribution in [2.45, 2.75) is 39.3 Å². The summed E-state index contributed by atoms with van der Waals surface area (Å²) in [6.07, 6.45) is 0.880. The van der Waals surface area contributed by atoms with Gasteiger partial charge in [0.1, 0.15) is 5.84 Å². The van der Waals surface area contributed by atoms with E-state index >= 15 is 0 Å². The fourth-order valence-corrected chi connectivity index (χ4v) is 2.68. The van der Waals surface area contributed by atoms with Crippen LogP contribution >= 0.6 is 0 Å². The molecular formula is C17H24N2O2. The number of ether oxygens (including phenoxy) is 1. The minimum atomic E-state index is -0.394. The molecule has 1 aromatic carbocycles. The molecule has 21 heavy (non-hydrogen) atoms. The third-order valence-corrected chi connectivity index (χ3v) is 3.82. The highest BCUT2D eigenvalue weighted by atomic mass is 16.5. The lowest BCUT2D eigenvalue weighted by Crippen LogP contribution is -2.34. The molecule has 2 rings (SSSR count). The molecule has 0 saturated carbocycles. The Kier molecular flexibility index (Phi) is 4.99. The zero-order valence-corrected chi connectivity index (χ0v) is 13.2. The molecule has 0 bridgehead atoms. The molecule has 0 amide bonds. The molecule has 1 aliphatic rings. The number of aliphatic imine (C=N–C) groups is 1. The molecule has 4 nitrogen and oxygen atoms in total. The maximum atomic E-state index is 11.8. The quantitative estimate of drug-likeness (QED) is 0.782. The van der Waals surface area contributed by atoms with Crippen LogP contribution in [0.4, 0.5) is 0 Å². The first-order valence-corrected chi connectivity index (χ1v) is 7.49. The molecule has 1 heterocycles. The molecule has 0 aromatic heterocycles. The number of carbonyl (C=O) groups excluding carboxylic acids is 1. The number of amidine groups is 1. The predicted octanol–water partition coefficient (Wildman–Crippen LogP) is 3.05. The Bertz CT molecular complexity index is 511. The lowest BCUT2D eigenvalue weighted by atomic mass is 10.0. The molecule has 2 unspecified atom stereocenters. The summed E-state index contributed by atoms with van der Waals surface area (Å²) in [6.45, 7) is 7.09. The molecule has 0 fully saturated rings. The average Bonchev–Trinajstić information content (AvgIpc) is 2.89. The largest absolute Gasteiger partial charge is 0.467 e. The van der Waals surface area contributed by atoms with Gasteiger partial charge in [0.05, 0.1) is 19.7 Å². The summed E-state index contributed by atoms with van der Waals surface area (Å²) in [5.41, 5.74) is 1.24. The molecule has 0 aliphatic carbocycles. The summed E-state index contributed by atoms with van der Waals surface area (Å²) in [4.78, 5) is 18.6. The normalized spacial score (nSPS) is 19.6. The van der Waals surface area contributed by atoms with E-state index in [9.17, 15) is 4.79 Å². The van der Waals surface area contributed by atoms with Gasteiger partial charge in [0.25, 0.3) is 0 Å². The third kappa shape index (κ3) is 3.63. The van der Waals surface area contributed by atoms with Crippen molar-refractivity contribution in [1.29, 1.82) is 0 Å². The summed E-state index contributed by atoms with van der Waals surface area (Å²) < 4.78 is 4.85. The third-order valence-electron chi connectivity index (χ3n) is 3.82. The molecule has 0 spiro atoms. The van der Waals surface area contributed by atoms with Crippen LogP contribution in [0.1, 0.15) is 38.8 Å². The van der Waals surface area contributed by atoms with E-state index in [4.69, 9.17) is 4.74 Å². The van der Waals surface area contributed by atoms with E-state index in [1.54, 1.807) is 0 Å². The second-order valence-corrected chi connectivity index (χ2v) is 5.92. The molecule has 0 radical (unpaired) electrons. The lowest BCUT2D eigenvalue weighted by molar-refractivity contribution is -0.142. The van der Waals surface area contributed by atoms with Gasteiger partial charge in [-0.3, -0.25) is 4.99 Å². The van der Waals surface area contributed by atoms with Crippen molar-refractivity contribution in [3.05, 3.63) is 35.9 Å². The summed E-state index contributed by atoms with van der Waals surface area (Å²) in [6, 6.07) is 10.1. The molecule has 1 aromatic rings. The van der Waals surface area contributed by atoms with E-state index in [0.717, 1.165) is 12.3 Å². The topological polar surface area (TPSA) is 41.9 Å². The number of hydrogen-bond donors (Lipinski definition) is 0. The standard InChI is InChI=1S/C17H24N2O2/c1-12(2)10-16-18-15(17(20)21-4)11-19(16)13(3)14-8-6-5-7-9-14/h5-9,12-13,15H,10-11H2,1-4H3. The number of carbonyl (C=O) groups is 1. The van der Waals surface area contributed by atoms with E-state index < -0.39 is 6.04 Å². The minimum absolute atomic E-state index is 0.207. The van der Waals surface area contributed by atoms with Crippen LogP contribution in [0.3, 0.4) is 0 Å². The Balaban J connectivity index is 2.21. The highest BCUT2D eigenvalue weighted by molar-refractivity contribution is 5.90. The van der Waals surface area contributed by atoms with E-state index in [1.807, 2.05) is 18.2 Å². The van der Waals surface area contributed by atoms with E-state index in [-0.39, 0.29) is 12.0 Å². The number of hydrogen-bond acceptors (Lipinski definition) is 4. The second-order valence-electron chi connectivity index (χ2n) is 5.92. The van der Waals surface area contributed by atoms with Crippen molar-refractivity contribution >= 4 is 11.8 Å². The number of nitrogens with zero attached hydrogens (tertiary/aromatic N) is 2. The fraction of sp³-hybridized carbons (Fsp3) is 0.529. The Morgan fingerprint density at radius 1 is 1.33 bits per heavy atom. The summed E-state index contributed by atoms with van der Waals surface area (Å²) in [5.74, 6) is 1.27. The van der Waals surface area contributed by atoms with Crippen LogP contribution in [-0.2, 0) is 9.53 Å². The van der Waals surface area contributed by atoms with Crippen LogP contribution in [-0.4, -0.2) is 36.4 Å². The lowest BCUT2D eigenvalue weighted by Gasteiger charge is -2.29. The molecule has 114 valence electrons. The van der Waals surface area contributed by atoms with Gasteiger partial charge in [-0.2, -0.15) is 0 Å². The number of benzene rings is 1. The average molecular weight is 288 g/mol. The first-order chi connectivity index (χ1) is 10.0. The van der Waals surface area contributed by atoms with Crippen molar-refractivity contribution < 1.29 is 9.53 Å². The van der Waals surface area contributed by atoms with Crippen molar-refractivity contribution in [3.8, 4) is 0 Å². The summed E-state index contributed by atoms with van der Waals surface area (Å²) >= 11 is 0. The monoisotopic (exact) mass is 288 g/mol. The maximum Gasteiger partial charge on any atom is 0.332 e. The Hall–Kier alpha value is -1.84. The Morgan fingerprint density at radius 3 is 2.57 bits per heavy atom. The van der Waals surface area contributed by atoms with Gasteiger partial charge in [0.2, 0.25) is 0 Å². The molecule has 0 N–H and O–H groups in total. The van der Waals surface area contributed by atoms with Crippen molar-refractivity contribution in [1.82, 2.24) is 4.90 Å². The highest BCUT2D eigenvalue weighted by Gasteiger charge is 2.33. The molecular weight excluding hydrogens is 264 g/mol. The van der Waals surface area contributed by atoms with Gasteiger partial charge in [0.15, 0.2) is 6.04 Å². The van der Waals surface area contributed by atoms with Gasteiger partial charge in [-0.15, -0.1) is 0 Å². The van der Waals surface area contributed by atoms with Gasteiger partial charge < -0.3 is 9.64 Å². The number of rotatable bonds is 5. The van der Waals surface area contributed by atoms with Crippen LogP contribution < -0.4 is 0 Å². The SMILES string of the molecule is COC(=O)C1CN(C(C)c2ccccc2)C(CC(C)C)=N1. The van der Waals surface area contributed by atoms with Crippen LogP contribution in [0.2, 0.25) is 0 Å². The van der Waals surface area contributed by atoms with Crippen molar-refractivity contribution in [3.63, 3.8) is 0 Å². The second kappa shape index (κ2) is 6.74. The zero-order valence-electron chi connectivity index (χ0n) is 13.2. The molecule has 4 heteroatoms. The molecule has 0 saturated heterocycles. The number of methoxy groups -OCH3 is 1. The van der Waals surface area contributed by atoms with Gasteiger partial charge in [-0.05, 0) is 18.4 Å².